The van der Waals surface area contributed by atoms with E-state index in [2.05, 4.69) is 10.3 Å². The number of hydrogen-bond donors (Lipinski definition) is 2. The molecular weight excluding hydrogens is 260 g/mol. The number of nitrogens with zero attached hydrogens (tertiary/aromatic N) is 3. The van der Waals surface area contributed by atoms with E-state index in [9.17, 15) is 15.2 Å². The molecule has 0 aliphatic heterocycles. The number of hydrogen-bond acceptors (Lipinski definition) is 6. The molecule has 0 aliphatic carbocycles. The number of nitro groups is 1. The van der Waals surface area contributed by atoms with Gasteiger partial charge >= 0.3 is 5.69 Å². The number of pyridine rings is 1. The topological polar surface area (TPSA) is 91.5 Å². The molecule has 0 amide bonds. The molecule has 0 saturated carbocycles. The van der Waals surface area contributed by atoms with Gasteiger partial charge in [-0.3, -0.25) is 10.1 Å². The van der Waals surface area contributed by atoms with Crippen molar-refractivity contribution < 1.29 is 10.0 Å². The third-order valence-corrected chi connectivity index (χ3v) is 2.67. The largest absolute Gasteiger partial charge is 0.389 e. The van der Waals surface area contributed by atoms with Crippen LogP contribution >= 0.6 is 0 Å². The van der Waals surface area contributed by atoms with Gasteiger partial charge in [0.2, 0.25) is 5.82 Å². The summed E-state index contributed by atoms with van der Waals surface area (Å²) >= 11 is 0. The lowest BCUT2D eigenvalue weighted by molar-refractivity contribution is -0.384. The lowest BCUT2D eigenvalue weighted by atomic mass is 10.1. The molecule has 1 rings (SSSR count). The Kier molecular flexibility index (Phi) is 5.26. The Balaban J connectivity index is 3.21. The maximum Gasteiger partial charge on any atom is 0.311 e. The van der Waals surface area contributed by atoms with Crippen LogP contribution in [0, 0.1) is 10.1 Å². The molecule has 0 aliphatic rings. The van der Waals surface area contributed by atoms with E-state index < -0.39 is 10.5 Å². The molecule has 2 N–H and O–H groups in total. The Morgan fingerprint density at radius 2 is 2.10 bits per heavy atom. The van der Waals surface area contributed by atoms with Gasteiger partial charge in [-0.2, -0.15) is 0 Å². The number of rotatable bonds is 7. The standard InChI is InChI=1S/C13H22N4O3/c1-5-14-11-8-7-10(17(19)20)12(15-11)16(6-2)9-13(3,4)18/h7-8,18H,5-6,9H2,1-4H3,(H,14,15). The monoisotopic (exact) mass is 282 g/mol. The molecule has 7 nitrogen and oxygen atoms in total. The number of anilines is 2. The third-order valence-electron chi connectivity index (χ3n) is 2.67. The van der Waals surface area contributed by atoms with Crippen molar-refractivity contribution in [3.8, 4) is 0 Å². The van der Waals surface area contributed by atoms with Crippen LogP contribution in [0.4, 0.5) is 17.3 Å². The van der Waals surface area contributed by atoms with E-state index in [4.69, 9.17) is 0 Å². The van der Waals surface area contributed by atoms with Crippen LogP contribution < -0.4 is 10.2 Å². The summed E-state index contributed by atoms with van der Waals surface area (Å²) in [7, 11) is 0. The van der Waals surface area contributed by atoms with Gasteiger partial charge in [0.05, 0.1) is 10.5 Å². The van der Waals surface area contributed by atoms with Gasteiger partial charge in [0.1, 0.15) is 5.82 Å². The summed E-state index contributed by atoms with van der Waals surface area (Å²) in [5.41, 5.74) is -1.02. The van der Waals surface area contributed by atoms with Crippen LogP contribution in [-0.4, -0.2) is 40.2 Å². The molecule has 0 fully saturated rings. The number of nitrogens with one attached hydrogen (secondary N) is 1. The van der Waals surface area contributed by atoms with Crippen LogP contribution in [-0.2, 0) is 0 Å². The number of aromatic nitrogens is 1. The lowest BCUT2D eigenvalue weighted by Gasteiger charge is -2.28. The molecule has 112 valence electrons. The first-order chi connectivity index (χ1) is 9.28. The Morgan fingerprint density at radius 3 is 2.55 bits per heavy atom. The van der Waals surface area contributed by atoms with E-state index in [0.29, 0.717) is 18.9 Å². The zero-order valence-corrected chi connectivity index (χ0v) is 12.4. The second-order valence-electron chi connectivity index (χ2n) is 5.15. The second kappa shape index (κ2) is 6.51. The quantitative estimate of drug-likeness (QED) is 0.587. The SMILES string of the molecule is CCNc1ccc([N+](=O)[O-])c(N(CC)CC(C)(C)O)n1. The van der Waals surface area contributed by atoms with Gasteiger partial charge in [0, 0.05) is 25.7 Å². The Bertz CT molecular complexity index is 471. The van der Waals surface area contributed by atoms with Gasteiger partial charge in [-0.1, -0.05) is 0 Å². The van der Waals surface area contributed by atoms with Crippen molar-refractivity contribution in [2.24, 2.45) is 0 Å². The zero-order chi connectivity index (χ0) is 15.3. The summed E-state index contributed by atoms with van der Waals surface area (Å²) in [6.07, 6.45) is 0. The van der Waals surface area contributed by atoms with Gasteiger partial charge in [-0.05, 0) is 33.8 Å². The Hall–Kier alpha value is -1.89. The summed E-state index contributed by atoms with van der Waals surface area (Å²) in [6, 6.07) is 3.02. The minimum absolute atomic E-state index is 0.0576. The van der Waals surface area contributed by atoms with Crippen LogP contribution in [0.15, 0.2) is 12.1 Å². The molecule has 0 aromatic carbocycles. The molecule has 0 radical (unpaired) electrons. The Morgan fingerprint density at radius 1 is 1.45 bits per heavy atom. The van der Waals surface area contributed by atoms with Crippen molar-refractivity contribution in [2.45, 2.75) is 33.3 Å². The average molecular weight is 282 g/mol. The molecule has 0 atom stereocenters. The minimum Gasteiger partial charge on any atom is -0.389 e. The summed E-state index contributed by atoms with van der Waals surface area (Å²) in [5, 5.41) is 24.1. The van der Waals surface area contributed by atoms with Crippen LogP contribution in [0.2, 0.25) is 0 Å². The fourth-order valence-corrected chi connectivity index (χ4v) is 1.90. The van der Waals surface area contributed by atoms with Gasteiger partial charge < -0.3 is 15.3 Å². The smallest absolute Gasteiger partial charge is 0.311 e. The highest BCUT2D eigenvalue weighted by Crippen LogP contribution is 2.28. The summed E-state index contributed by atoms with van der Waals surface area (Å²) in [6.45, 7) is 8.60. The van der Waals surface area contributed by atoms with Crippen molar-refractivity contribution in [1.82, 2.24) is 4.98 Å². The van der Waals surface area contributed by atoms with Crippen LogP contribution in [0.1, 0.15) is 27.7 Å². The van der Waals surface area contributed by atoms with E-state index in [-0.39, 0.29) is 18.1 Å². The zero-order valence-electron chi connectivity index (χ0n) is 12.4. The fourth-order valence-electron chi connectivity index (χ4n) is 1.90. The summed E-state index contributed by atoms with van der Waals surface area (Å²) < 4.78 is 0. The van der Waals surface area contributed by atoms with Crippen molar-refractivity contribution in [3.63, 3.8) is 0 Å². The molecule has 7 heteroatoms. The average Bonchev–Trinajstić information content (AvgIpc) is 2.35. The van der Waals surface area contributed by atoms with Crippen LogP contribution in [0.5, 0.6) is 0 Å². The summed E-state index contributed by atoms with van der Waals surface area (Å²) in [4.78, 5) is 16.7. The second-order valence-corrected chi connectivity index (χ2v) is 5.15. The van der Waals surface area contributed by atoms with Crippen LogP contribution in [0.25, 0.3) is 0 Å². The minimum atomic E-state index is -0.959. The molecule has 0 bridgehead atoms. The highest BCUT2D eigenvalue weighted by molar-refractivity contribution is 5.62. The van der Waals surface area contributed by atoms with E-state index in [1.54, 1.807) is 24.8 Å². The van der Waals surface area contributed by atoms with E-state index in [1.165, 1.54) is 6.07 Å². The molecule has 20 heavy (non-hydrogen) atoms. The molecule has 0 saturated heterocycles. The highest BCUT2D eigenvalue weighted by Gasteiger charge is 2.25. The van der Waals surface area contributed by atoms with Crippen molar-refractivity contribution in [3.05, 3.63) is 22.2 Å². The van der Waals surface area contributed by atoms with Gasteiger partial charge in [-0.15, -0.1) is 0 Å². The maximum absolute atomic E-state index is 11.1. The predicted molar refractivity (Wildman–Crippen MR) is 79.2 cm³/mol. The molecular formula is C13H22N4O3. The van der Waals surface area contributed by atoms with Gasteiger partial charge in [-0.25, -0.2) is 4.98 Å². The molecule has 1 aromatic rings. The molecule has 0 unspecified atom stereocenters. The van der Waals surface area contributed by atoms with Crippen molar-refractivity contribution in [2.75, 3.05) is 29.9 Å². The lowest BCUT2D eigenvalue weighted by Crippen LogP contribution is -2.39. The Labute approximate surface area is 118 Å². The first-order valence-electron chi connectivity index (χ1n) is 6.65. The highest BCUT2D eigenvalue weighted by atomic mass is 16.6. The van der Waals surface area contributed by atoms with Gasteiger partial charge in [0.25, 0.3) is 0 Å². The first-order valence-corrected chi connectivity index (χ1v) is 6.65. The van der Waals surface area contributed by atoms with Crippen molar-refractivity contribution in [1.29, 1.82) is 0 Å². The predicted octanol–water partition coefficient (Wildman–Crippen LogP) is 2.02. The molecule has 1 aromatic heterocycles. The number of likely N-dealkylation sites (N-methyl/N-ethyl adjacent to an activating group) is 1. The van der Waals surface area contributed by atoms with E-state index >= 15 is 0 Å². The van der Waals surface area contributed by atoms with E-state index in [0.717, 1.165) is 0 Å². The molecule has 0 spiro atoms. The van der Waals surface area contributed by atoms with Gasteiger partial charge in [0.15, 0.2) is 0 Å². The van der Waals surface area contributed by atoms with Crippen LogP contribution in [0.3, 0.4) is 0 Å². The van der Waals surface area contributed by atoms with Crippen molar-refractivity contribution >= 4 is 17.3 Å². The summed E-state index contributed by atoms with van der Waals surface area (Å²) in [5.74, 6) is 0.861. The normalized spacial score (nSPS) is 11.2. The maximum atomic E-state index is 11.1. The van der Waals surface area contributed by atoms with E-state index in [1.807, 2.05) is 13.8 Å². The first kappa shape index (κ1) is 16.2. The fraction of sp³-hybridized carbons (Fsp3) is 0.615. The molecule has 1 heterocycles. The number of aliphatic hydroxyl groups is 1. The third kappa shape index (κ3) is 4.34.